The molecule has 2 unspecified atom stereocenters. The lowest BCUT2D eigenvalue weighted by molar-refractivity contribution is -0.120. The first kappa shape index (κ1) is 15.4. The van der Waals surface area contributed by atoms with Gasteiger partial charge in [-0.2, -0.15) is 0 Å². The number of fused-ring (bicyclic) bond motifs is 2. The zero-order valence-corrected chi connectivity index (χ0v) is 13.6. The van der Waals surface area contributed by atoms with Crippen molar-refractivity contribution in [3.8, 4) is 12.3 Å². The third-order valence-electron chi connectivity index (χ3n) is 4.30. The number of para-hydroxylation sites is 1. The van der Waals surface area contributed by atoms with Gasteiger partial charge in [-0.1, -0.05) is 24.1 Å². The van der Waals surface area contributed by atoms with E-state index in [1.165, 1.54) is 4.90 Å². The Labute approximate surface area is 136 Å². The van der Waals surface area contributed by atoms with Gasteiger partial charge in [0.25, 0.3) is 0 Å². The van der Waals surface area contributed by atoms with Crippen LogP contribution >= 0.6 is 0 Å². The van der Waals surface area contributed by atoms with Gasteiger partial charge in [-0.25, -0.2) is 4.79 Å². The number of nitrogens with zero attached hydrogens (tertiary/aromatic N) is 1. The fourth-order valence-electron chi connectivity index (χ4n) is 3.30. The Morgan fingerprint density at radius 2 is 2.13 bits per heavy atom. The lowest BCUT2D eigenvalue weighted by atomic mass is 9.80. The van der Waals surface area contributed by atoms with Crippen LogP contribution in [0.1, 0.15) is 32.8 Å². The summed E-state index contributed by atoms with van der Waals surface area (Å²) in [5, 5.41) is 2.90. The largest absolute Gasteiger partial charge is 0.444 e. The molecule has 1 saturated heterocycles. The highest BCUT2D eigenvalue weighted by atomic mass is 16.6. The van der Waals surface area contributed by atoms with Crippen molar-refractivity contribution >= 4 is 17.7 Å². The van der Waals surface area contributed by atoms with Crippen LogP contribution in [0, 0.1) is 12.3 Å². The Hall–Kier alpha value is -2.48. The molecular formula is C18H20N2O3. The van der Waals surface area contributed by atoms with E-state index in [4.69, 9.17) is 11.2 Å². The molecule has 23 heavy (non-hydrogen) atoms. The quantitative estimate of drug-likeness (QED) is 0.749. The number of likely N-dealkylation sites (tertiary alicyclic amines) is 1. The molecule has 2 amide bonds. The van der Waals surface area contributed by atoms with Gasteiger partial charge in [0.05, 0.1) is 11.5 Å². The summed E-state index contributed by atoms with van der Waals surface area (Å²) < 4.78 is 5.44. The van der Waals surface area contributed by atoms with Crippen molar-refractivity contribution in [2.24, 2.45) is 0 Å². The van der Waals surface area contributed by atoms with Crippen LogP contribution in [0.4, 0.5) is 10.5 Å². The first-order chi connectivity index (χ1) is 10.8. The Balaban J connectivity index is 1.95. The second-order valence-corrected chi connectivity index (χ2v) is 7.08. The lowest BCUT2D eigenvalue weighted by Gasteiger charge is -2.27. The molecule has 1 N–H and O–H groups in total. The number of amides is 2. The second-order valence-electron chi connectivity index (χ2n) is 7.08. The van der Waals surface area contributed by atoms with Gasteiger partial charge in [0.2, 0.25) is 5.91 Å². The van der Waals surface area contributed by atoms with Gasteiger partial charge in [-0.3, -0.25) is 9.69 Å². The van der Waals surface area contributed by atoms with Crippen molar-refractivity contribution in [1.82, 2.24) is 4.90 Å². The van der Waals surface area contributed by atoms with E-state index in [9.17, 15) is 9.59 Å². The monoisotopic (exact) mass is 312 g/mol. The summed E-state index contributed by atoms with van der Waals surface area (Å²) in [6.45, 7) is 5.65. The molecular weight excluding hydrogens is 292 g/mol. The van der Waals surface area contributed by atoms with Gasteiger partial charge in [0.15, 0.2) is 0 Å². The maximum Gasteiger partial charge on any atom is 0.411 e. The highest BCUT2D eigenvalue weighted by molar-refractivity contribution is 6.07. The average molecular weight is 312 g/mol. The van der Waals surface area contributed by atoms with E-state index in [1.54, 1.807) is 20.8 Å². The fraction of sp³-hybridized carbons (Fsp3) is 0.444. The predicted molar refractivity (Wildman–Crippen MR) is 86.9 cm³/mol. The first-order valence-corrected chi connectivity index (χ1v) is 7.63. The van der Waals surface area contributed by atoms with E-state index in [-0.39, 0.29) is 12.5 Å². The van der Waals surface area contributed by atoms with Crippen LogP contribution in [0.5, 0.6) is 0 Å². The normalized spacial score (nSPS) is 25.9. The minimum atomic E-state index is -0.787. The molecule has 2 aliphatic heterocycles. The number of anilines is 1. The molecule has 2 atom stereocenters. The van der Waals surface area contributed by atoms with Crippen molar-refractivity contribution in [3.63, 3.8) is 0 Å². The molecule has 0 aliphatic carbocycles. The maximum absolute atomic E-state index is 12.6. The van der Waals surface area contributed by atoms with E-state index >= 15 is 0 Å². The number of terminal acetylenes is 1. The molecule has 2 heterocycles. The molecule has 1 spiro atoms. The van der Waals surface area contributed by atoms with Crippen molar-refractivity contribution in [1.29, 1.82) is 0 Å². The molecule has 1 fully saturated rings. The fourth-order valence-corrected chi connectivity index (χ4v) is 3.30. The molecule has 2 aliphatic rings. The maximum atomic E-state index is 12.6. The molecule has 5 heteroatoms. The Morgan fingerprint density at radius 1 is 1.43 bits per heavy atom. The van der Waals surface area contributed by atoms with Crippen molar-refractivity contribution in [2.75, 3.05) is 11.9 Å². The van der Waals surface area contributed by atoms with Crippen LogP contribution < -0.4 is 5.32 Å². The standard InChI is InChI=1S/C18H20N2O3/c1-5-12-10-18(11-20(12)16(22)23-17(2,3)4)13-8-6-7-9-14(13)19-15(18)21/h1,6-9,12H,10-11H2,2-4H3,(H,19,21). The zero-order chi connectivity index (χ0) is 16.8. The smallest absolute Gasteiger partial charge is 0.411 e. The van der Waals surface area contributed by atoms with Gasteiger partial charge in [-0.05, 0) is 38.8 Å². The van der Waals surface area contributed by atoms with E-state index in [1.807, 2.05) is 24.3 Å². The van der Waals surface area contributed by atoms with E-state index < -0.39 is 23.2 Å². The van der Waals surface area contributed by atoms with Gasteiger partial charge >= 0.3 is 6.09 Å². The van der Waals surface area contributed by atoms with Crippen LogP contribution in [-0.4, -0.2) is 35.1 Å². The van der Waals surface area contributed by atoms with E-state index in [0.717, 1.165) is 11.3 Å². The topological polar surface area (TPSA) is 58.6 Å². The Bertz CT molecular complexity index is 714. The number of hydrogen-bond acceptors (Lipinski definition) is 3. The SMILES string of the molecule is C#CC1CC2(CN1C(=O)OC(C)(C)C)C(=O)Nc1ccccc12. The summed E-state index contributed by atoms with van der Waals surface area (Å²) in [6, 6.07) is 7.09. The second kappa shape index (κ2) is 5.02. The molecule has 120 valence electrons. The van der Waals surface area contributed by atoms with Crippen LogP contribution in [0.3, 0.4) is 0 Å². The molecule has 0 bridgehead atoms. The number of carbonyl (C=O) groups excluding carboxylic acids is 2. The first-order valence-electron chi connectivity index (χ1n) is 7.63. The summed E-state index contributed by atoms with van der Waals surface area (Å²) in [6.07, 6.45) is 5.54. The van der Waals surface area contributed by atoms with Crippen LogP contribution in [0.2, 0.25) is 0 Å². The highest BCUT2D eigenvalue weighted by Crippen LogP contribution is 2.46. The van der Waals surface area contributed by atoms with Gasteiger partial charge < -0.3 is 10.1 Å². The van der Waals surface area contributed by atoms with Crippen molar-refractivity contribution in [2.45, 2.75) is 44.2 Å². The number of carbonyl (C=O) groups is 2. The number of nitrogens with one attached hydrogen (secondary N) is 1. The van der Waals surface area contributed by atoms with Crippen LogP contribution in [0.15, 0.2) is 24.3 Å². The summed E-state index contributed by atoms with van der Waals surface area (Å²) in [4.78, 5) is 26.6. The minimum Gasteiger partial charge on any atom is -0.444 e. The zero-order valence-electron chi connectivity index (χ0n) is 13.6. The third-order valence-corrected chi connectivity index (χ3v) is 4.30. The van der Waals surface area contributed by atoms with Crippen LogP contribution in [0.25, 0.3) is 0 Å². The highest BCUT2D eigenvalue weighted by Gasteiger charge is 2.56. The number of benzene rings is 1. The van der Waals surface area contributed by atoms with Crippen LogP contribution in [-0.2, 0) is 14.9 Å². The third kappa shape index (κ3) is 2.44. The molecule has 3 rings (SSSR count). The Kier molecular flexibility index (Phi) is 3.36. The van der Waals surface area contributed by atoms with E-state index in [2.05, 4.69) is 11.2 Å². The Morgan fingerprint density at radius 3 is 2.78 bits per heavy atom. The number of hydrogen-bond donors (Lipinski definition) is 1. The minimum absolute atomic E-state index is 0.106. The molecule has 1 aromatic rings. The van der Waals surface area contributed by atoms with Crippen molar-refractivity contribution in [3.05, 3.63) is 29.8 Å². The number of ether oxygens (including phenoxy) is 1. The van der Waals surface area contributed by atoms with E-state index in [0.29, 0.717) is 6.42 Å². The van der Waals surface area contributed by atoms with Gasteiger partial charge in [-0.15, -0.1) is 6.42 Å². The molecule has 0 radical (unpaired) electrons. The summed E-state index contributed by atoms with van der Waals surface area (Å²) >= 11 is 0. The predicted octanol–water partition coefficient (Wildman–Crippen LogP) is 2.52. The number of rotatable bonds is 0. The lowest BCUT2D eigenvalue weighted by Crippen LogP contribution is -2.42. The summed E-state index contributed by atoms with van der Waals surface area (Å²) in [5.41, 5.74) is 0.294. The van der Waals surface area contributed by atoms with Gasteiger partial charge in [0, 0.05) is 12.2 Å². The molecule has 5 nitrogen and oxygen atoms in total. The van der Waals surface area contributed by atoms with Crippen molar-refractivity contribution < 1.29 is 14.3 Å². The summed E-state index contributed by atoms with van der Waals surface area (Å²) in [5.74, 6) is 2.52. The average Bonchev–Trinajstić information content (AvgIpc) is 2.98. The summed E-state index contributed by atoms with van der Waals surface area (Å²) in [7, 11) is 0. The van der Waals surface area contributed by atoms with Gasteiger partial charge in [0.1, 0.15) is 5.60 Å². The molecule has 1 aromatic carbocycles. The molecule has 0 aromatic heterocycles. The molecule has 0 saturated carbocycles.